The molecule has 1 saturated carbocycles. The van der Waals surface area contributed by atoms with E-state index in [4.69, 9.17) is 4.74 Å². The van der Waals surface area contributed by atoms with Crippen molar-refractivity contribution in [1.82, 2.24) is 9.88 Å². The lowest BCUT2D eigenvalue weighted by atomic mass is 9.97. The zero-order valence-corrected chi connectivity index (χ0v) is 21.3. The summed E-state index contributed by atoms with van der Waals surface area (Å²) in [4.78, 5) is 31.7. The first-order valence-corrected chi connectivity index (χ1v) is 13.4. The van der Waals surface area contributed by atoms with Crippen molar-refractivity contribution in [1.29, 1.82) is 0 Å². The minimum atomic E-state index is -0.474. The number of fused-ring (bicyclic) bond motifs is 1. The van der Waals surface area contributed by atoms with Gasteiger partial charge in [0.1, 0.15) is 0 Å². The predicted molar refractivity (Wildman–Crippen MR) is 143 cm³/mol. The Bertz CT molecular complexity index is 1270. The van der Waals surface area contributed by atoms with Gasteiger partial charge in [0.05, 0.1) is 23.4 Å². The zero-order chi connectivity index (χ0) is 25.8. The molecule has 1 aromatic heterocycles. The highest BCUT2D eigenvalue weighted by Gasteiger charge is 2.27. The zero-order valence-electron chi connectivity index (χ0n) is 21.3. The van der Waals surface area contributed by atoms with Crippen LogP contribution in [-0.4, -0.2) is 41.3 Å². The third kappa shape index (κ3) is 6.09. The van der Waals surface area contributed by atoms with Crippen molar-refractivity contribution in [3.63, 3.8) is 0 Å². The Labute approximate surface area is 217 Å². The SMILES string of the molecule is CCCC(=O)N1CCC(COc2cc3c(Nc4ccccc4)c(C(=O)CC4CC4)cnc3cc2F)CC1. The molecule has 1 amide bonds. The maximum Gasteiger partial charge on any atom is 0.222 e. The maximum atomic E-state index is 15.0. The Morgan fingerprint density at radius 2 is 1.84 bits per heavy atom. The van der Waals surface area contributed by atoms with Crippen molar-refractivity contribution >= 4 is 34.0 Å². The number of para-hydroxylation sites is 1. The average Bonchev–Trinajstić information content (AvgIpc) is 3.72. The summed E-state index contributed by atoms with van der Waals surface area (Å²) in [6.07, 6.45) is 7.35. The number of ketones is 1. The fourth-order valence-electron chi connectivity index (χ4n) is 4.94. The highest BCUT2D eigenvalue weighted by molar-refractivity contribution is 6.09. The van der Waals surface area contributed by atoms with E-state index in [1.165, 1.54) is 6.07 Å². The number of nitrogens with one attached hydrogen (secondary N) is 1. The molecule has 0 spiro atoms. The van der Waals surface area contributed by atoms with Gasteiger partial charge >= 0.3 is 0 Å². The molecule has 7 heteroatoms. The second-order valence-electron chi connectivity index (χ2n) is 10.3. The second kappa shape index (κ2) is 11.3. The van der Waals surface area contributed by atoms with Gasteiger partial charge in [-0.05, 0) is 62.1 Å². The monoisotopic (exact) mass is 503 g/mol. The van der Waals surface area contributed by atoms with Gasteiger partial charge in [-0.15, -0.1) is 0 Å². The van der Waals surface area contributed by atoms with Crippen LogP contribution in [0.3, 0.4) is 0 Å². The van der Waals surface area contributed by atoms with Crippen LogP contribution in [0.4, 0.5) is 15.8 Å². The van der Waals surface area contributed by atoms with E-state index in [0.717, 1.165) is 37.8 Å². The van der Waals surface area contributed by atoms with Crippen molar-refractivity contribution in [2.75, 3.05) is 25.0 Å². The third-order valence-electron chi connectivity index (χ3n) is 7.34. The number of benzene rings is 2. The highest BCUT2D eigenvalue weighted by atomic mass is 19.1. The molecule has 1 aliphatic heterocycles. The van der Waals surface area contributed by atoms with Gasteiger partial charge in [0.15, 0.2) is 17.3 Å². The number of pyridine rings is 1. The molecule has 37 heavy (non-hydrogen) atoms. The van der Waals surface area contributed by atoms with E-state index in [0.29, 0.717) is 60.6 Å². The van der Waals surface area contributed by atoms with Gasteiger partial charge < -0.3 is 15.0 Å². The second-order valence-corrected chi connectivity index (χ2v) is 10.3. The Morgan fingerprint density at radius 3 is 2.54 bits per heavy atom. The number of hydrogen-bond acceptors (Lipinski definition) is 5. The molecule has 1 N–H and O–H groups in total. The topological polar surface area (TPSA) is 71.5 Å². The molecule has 0 atom stereocenters. The molecule has 1 saturated heterocycles. The van der Waals surface area contributed by atoms with E-state index < -0.39 is 5.82 Å². The fourth-order valence-corrected chi connectivity index (χ4v) is 4.94. The van der Waals surface area contributed by atoms with Crippen LogP contribution in [0, 0.1) is 17.7 Å². The van der Waals surface area contributed by atoms with Crippen molar-refractivity contribution in [3.8, 4) is 5.75 Å². The molecule has 3 aromatic rings. The van der Waals surface area contributed by atoms with Gasteiger partial charge in [-0.3, -0.25) is 14.6 Å². The van der Waals surface area contributed by atoms with Gasteiger partial charge in [0.25, 0.3) is 0 Å². The Balaban J connectivity index is 1.38. The molecule has 2 aromatic carbocycles. The van der Waals surface area contributed by atoms with Crippen LogP contribution in [0.1, 0.15) is 62.2 Å². The number of rotatable bonds is 10. The first kappa shape index (κ1) is 25.2. The van der Waals surface area contributed by atoms with E-state index in [9.17, 15) is 9.59 Å². The van der Waals surface area contributed by atoms with Crippen LogP contribution in [0.2, 0.25) is 0 Å². The lowest BCUT2D eigenvalue weighted by molar-refractivity contribution is -0.132. The van der Waals surface area contributed by atoms with Crippen LogP contribution < -0.4 is 10.1 Å². The molecule has 0 unspecified atom stereocenters. The molecule has 2 aliphatic rings. The quantitative estimate of drug-likeness (QED) is 0.319. The van der Waals surface area contributed by atoms with Crippen LogP contribution in [0.15, 0.2) is 48.7 Å². The Morgan fingerprint density at radius 1 is 1.08 bits per heavy atom. The maximum absolute atomic E-state index is 15.0. The molecule has 0 bridgehead atoms. The molecule has 1 aliphatic carbocycles. The van der Waals surface area contributed by atoms with Crippen LogP contribution in [0.25, 0.3) is 10.9 Å². The molecule has 5 rings (SSSR count). The molecule has 2 fully saturated rings. The summed E-state index contributed by atoms with van der Waals surface area (Å²) in [6.45, 7) is 3.83. The van der Waals surface area contributed by atoms with Crippen LogP contribution in [-0.2, 0) is 4.79 Å². The first-order chi connectivity index (χ1) is 18.0. The standard InChI is InChI=1S/C30H34FN3O3/c1-2-6-29(36)34-13-11-21(12-14-34)19-37-28-16-23-26(17-25(28)31)32-18-24(27(35)15-20-9-10-20)30(23)33-22-7-4-3-5-8-22/h3-5,7-8,16-18,20-21H,2,6,9-15,19H2,1H3,(H,32,33). The van der Waals surface area contributed by atoms with Crippen molar-refractivity contribution in [2.24, 2.45) is 11.8 Å². The van der Waals surface area contributed by atoms with Gasteiger partial charge in [0.2, 0.25) is 5.91 Å². The third-order valence-corrected chi connectivity index (χ3v) is 7.34. The number of amides is 1. The summed E-state index contributed by atoms with van der Waals surface area (Å²) in [5, 5.41) is 4.05. The predicted octanol–water partition coefficient (Wildman–Crippen LogP) is 6.52. The van der Waals surface area contributed by atoms with Gasteiger partial charge in [-0.1, -0.05) is 25.1 Å². The first-order valence-electron chi connectivity index (χ1n) is 13.4. The van der Waals surface area contributed by atoms with E-state index in [-0.39, 0.29) is 23.4 Å². The van der Waals surface area contributed by atoms with E-state index in [1.54, 1.807) is 12.3 Å². The van der Waals surface area contributed by atoms with E-state index in [1.807, 2.05) is 42.2 Å². The molecule has 194 valence electrons. The van der Waals surface area contributed by atoms with Gasteiger partial charge in [0, 0.05) is 49.3 Å². The minimum Gasteiger partial charge on any atom is -0.490 e. The number of ether oxygens (including phenoxy) is 1. The van der Waals surface area contributed by atoms with Crippen LogP contribution >= 0.6 is 0 Å². The number of nitrogens with zero attached hydrogens (tertiary/aromatic N) is 2. The number of anilines is 2. The van der Waals surface area contributed by atoms with Crippen molar-refractivity contribution in [2.45, 2.75) is 51.9 Å². The average molecular weight is 504 g/mol. The number of carbonyl (C=O) groups excluding carboxylic acids is 2. The Hall–Kier alpha value is -3.48. The lowest BCUT2D eigenvalue weighted by Gasteiger charge is -2.32. The summed E-state index contributed by atoms with van der Waals surface area (Å²) in [7, 11) is 0. The van der Waals surface area contributed by atoms with E-state index >= 15 is 4.39 Å². The Kier molecular flexibility index (Phi) is 7.68. The normalized spacial score (nSPS) is 16.1. The molecule has 6 nitrogen and oxygen atoms in total. The number of hydrogen-bond donors (Lipinski definition) is 1. The minimum absolute atomic E-state index is 0.0477. The molecule has 2 heterocycles. The highest BCUT2D eigenvalue weighted by Crippen LogP contribution is 2.38. The fraction of sp³-hybridized carbons (Fsp3) is 0.433. The van der Waals surface area contributed by atoms with E-state index in [2.05, 4.69) is 10.3 Å². The molecule has 0 radical (unpaired) electrons. The number of Topliss-reactive ketones (excluding diaryl/α,β-unsaturated/α-hetero) is 1. The van der Waals surface area contributed by atoms with Crippen molar-refractivity contribution in [3.05, 3.63) is 60.0 Å². The number of carbonyl (C=O) groups is 2. The summed E-state index contributed by atoms with van der Waals surface area (Å²) in [5.41, 5.74) is 2.46. The van der Waals surface area contributed by atoms with Gasteiger partial charge in [-0.2, -0.15) is 0 Å². The summed E-state index contributed by atoms with van der Waals surface area (Å²) >= 11 is 0. The number of aromatic nitrogens is 1. The summed E-state index contributed by atoms with van der Waals surface area (Å²) in [5.74, 6) is 0.641. The number of halogens is 1. The molecular formula is C30H34FN3O3. The summed E-state index contributed by atoms with van der Waals surface area (Å²) in [6, 6.07) is 12.7. The van der Waals surface area contributed by atoms with Crippen molar-refractivity contribution < 1.29 is 18.7 Å². The number of likely N-dealkylation sites (tertiary alicyclic amines) is 1. The number of piperidine rings is 1. The van der Waals surface area contributed by atoms with Crippen LogP contribution in [0.5, 0.6) is 5.75 Å². The smallest absolute Gasteiger partial charge is 0.222 e. The van der Waals surface area contributed by atoms with Gasteiger partial charge in [-0.25, -0.2) is 4.39 Å². The largest absolute Gasteiger partial charge is 0.490 e. The summed E-state index contributed by atoms with van der Waals surface area (Å²) < 4.78 is 21.0. The molecular weight excluding hydrogens is 469 g/mol. The lowest BCUT2D eigenvalue weighted by Crippen LogP contribution is -2.39.